The van der Waals surface area contributed by atoms with Crippen LogP contribution in [0.3, 0.4) is 0 Å². The van der Waals surface area contributed by atoms with Crippen molar-refractivity contribution in [3.63, 3.8) is 0 Å². The first-order valence-electron chi connectivity index (χ1n) is 7.08. The summed E-state index contributed by atoms with van der Waals surface area (Å²) >= 11 is 7.88. The lowest BCUT2D eigenvalue weighted by molar-refractivity contribution is 0.535. The first-order valence-corrected chi connectivity index (χ1v) is 8.44. The standard InChI is InChI=1S/C15H21ClN4S/c1-2-8-20-9-7-18-15(20)10-12(19-17)11-21-14-6-4-3-5-13(14)16/h3-7,9,12,19H,2,8,10-11,17H2,1H3. The van der Waals surface area contributed by atoms with E-state index < -0.39 is 0 Å². The maximum Gasteiger partial charge on any atom is 0.110 e. The molecule has 0 amide bonds. The fourth-order valence-electron chi connectivity index (χ4n) is 2.11. The van der Waals surface area contributed by atoms with Crippen molar-refractivity contribution in [1.29, 1.82) is 0 Å². The Bertz CT molecular complexity index is 558. The van der Waals surface area contributed by atoms with Gasteiger partial charge >= 0.3 is 0 Å². The van der Waals surface area contributed by atoms with Crippen LogP contribution in [0, 0.1) is 0 Å². The van der Waals surface area contributed by atoms with Crippen LogP contribution >= 0.6 is 23.4 Å². The van der Waals surface area contributed by atoms with Crippen molar-refractivity contribution >= 4 is 23.4 Å². The topological polar surface area (TPSA) is 55.9 Å². The van der Waals surface area contributed by atoms with E-state index >= 15 is 0 Å². The average molecular weight is 325 g/mol. The minimum absolute atomic E-state index is 0.157. The van der Waals surface area contributed by atoms with Gasteiger partial charge in [0.25, 0.3) is 0 Å². The molecule has 1 aromatic carbocycles. The zero-order valence-corrected chi connectivity index (χ0v) is 13.7. The Hall–Kier alpha value is -1.01. The first kappa shape index (κ1) is 16.4. The van der Waals surface area contributed by atoms with Crippen LogP contribution in [0.15, 0.2) is 41.6 Å². The van der Waals surface area contributed by atoms with E-state index in [9.17, 15) is 0 Å². The van der Waals surface area contributed by atoms with E-state index in [4.69, 9.17) is 17.4 Å². The Morgan fingerprint density at radius 3 is 2.95 bits per heavy atom. The third-order valence-electron chi connectivity index (χ3n) is 3.21. The average Bonchev–Trinajstić information content (AvgIpc) is 2.92. The number of aromatic nitrogens is 2. The second-order valence-corrected chi connectivity index (χ2v) is 6.32. The SMILES string of the molecule is CCCn1ccnc1CC(CSc1ccccc1Cl)NN. The van der Waals surface area contributed by atoms with Gasteiger partial charge in [-0.2, -0.15) is 0 Å². The number of rotatable bonds is 8. The van der Waals surface area contributed by atoms with E-state index in [1.54, 1.807) is 11.8 Å². The summed E-state index contributed by atoms with van der Waals surface area (Å²) in [4.78, 5) is 5.51. The van der Waals surface area contributed by atoms with Gasteiger partial charge in [-0.25, -0.2) is 4.98 Å². The lowest BCUT2D eigenvalue weighted by Crippen LogP contribution is -2.39. The fraction of sp³-hybridized carbons (Fsp3) is 0.400. The number of nitrogens with zero attached hydrogens (tertiary/aromatic N) is 2. The molecule has 1 aromatic heterocycles. The zero-order chi connectivity index (χ0) is 15.1. The van der Waals surface area contributed by atoms with Crippen molar-refractivity contribution in [3.8, 4) is 0 Å². The normalized spacial score (nSPS) is 12.5. The summed E-state index contributed by atoms with van der Waals surface area (Å²) in [5.74, 6) is 7.60. The van der Waals surface area contributed by atoms with Gasteiger partial charge in [-0.05, 0) is 18.6 Å². The molecule has 1 atom stereocenters. The van der Waals surface area contributed by atoms with Gasteiger partial charge in [0.1, 0.15) is 5.82 Å². The quantitative estimate of drug-likeness (QED) is 0.445. The van der Waals surface area contributed by atoms with Crippen molar-refractivity contribution < 1.29 is 0 Å². The second kappa shape index (κ2) is 8.44. The first-order chi connectivity index (χ1) is 10.2. The molecule has 0 saturated heterocycles. The van der Waals surface area contributed by atoms with Crippen molar-refractivity contribution in [2.24, 2.45) is 5.84 Å². The molecule has 4 nitrogen and oxygen atoms in total. The Balaban J connectivity index is 1.94. The van der Waals surface area contributed by atoms with Gasteiger partial charge in [0.05, 0.1) is 5.02 Å². The molecule has 0 spiro atoms. The van der Waals surface area contributed by atoms with Crippen LogP contribution in [0.1, 0.15) is 19.2 Å². The van der Waals surface area contributed by atoms with Gasteiger partial charge in [-0.15, -0.1) is 11.8 Å². The summed E-state index contributed by atoms with van der Waals surface area (Å²) in [5, 5.41) is 0.783. The minimum Gasteiger partial charge on any atom is -0.335 e. The predicted molar refractivity (Wildman–Crippen MR) is 89.5 cm³/mol. The van der Waals surface area contributed by atoms with Crippen molar-refractivity contribution in [3.05, 3.63) is 47.5 Å². The number of nitrogens with two attached hydrogens (primary N) is 1. The Morgan fingerprint density at radius 2 is 2.24 bits per heavy atom. The Kier molecular flexibility index (Phi) is 6.57. The van der Waals surface area contributed by atoms with E-state index in [2.05, 4.69) is 21.9 Å². The highest BCUT2D eigenvalue weighted by Crippen LogP contribution is 2.27. The largest absolute Gasteiger partial charge is 0.335 e. The molecule has 2 rings (SSSR count). The van der Waals surface area contributed by atoms with Gasteiger partial charge in [0, 0.05) is 42.0 Å². The van der Waals surface area contributed by atoms with Gasteiger partial charge in [0.2, 0.25) is 0 Å². The van der Waals surface area contributed by atoms with Crippen LogP contribution in [0.2, 0.25) is 5.02 Å². The molecule has 0 bridgehead atoms. The van der Waals surface area contributed by atoms with Crippen molar-refractivity contribution in [1.82, 2.24) is 15.0 Å². The van der Waals surface area contributed by atoms with Crippen LogP contribution in [-0.2, 0) is 13.0 Å². The van der Waals surface area contributed by atoms with Gasteiger partial charge in [0.15, 0.2) is 0 Å². The Morgan fingerprint density at radius 1 is 1.43 bits per heavy atom. The van der Waals surface area contributed by atoms with Crippen LogP contribution in [0.4, 0.5) is 0 Å². The number of hydrazine groups is 1. The van der Waals surface area contributed by atoms with E-state index in [1.807, 2.05) is 36.7 Å². The molecule has 0 aliphatic heterocycles. The summed E-state index contributed by atoms with van der Waals surface area (Å²) in [7, 11) is 0. The highest BCUT2D eigenvalue weighted by atomic mass is 35.5. The fourth-order valence-corrected chi connectivity index (χ4v) is 3.39. The maximum absolute atomic E-state index is 6.17. The molecule has 0 aliphatic carbocycles. The van der Waals surface area contributed by atoms with Gasteiger partial charge in [-0.3, -0.25) is 11.3 Å². The highest BCUT2D eigenvalue weighted by Gasteiger charge is 2.13. The smallest absolute Gasteiger partial charge is 0.110 e. The summed E-state index contributed by atoms with van der Waals surface area (Å²) in [6.45, 7) is 3.15. The number of aryl methyl sites for hydroxylation is 1. The summed E-state index contributed by atoms with van der Waals surface area (Å²) in [6, 6.07) is 8.02. The molecular weight excluding hydrogens is 304 g/mol. The lowest BCUT2D eigenvalue weighted by Gasteiger charge is -2.16. The Labute approximate surface area is 135 Å². The van der Waals surface area contributed by atoms with Crippen molar-refractivity contribution in [2.45, 2.75) is 37.2 Å². The maximum atomic E-state index is 6.17. The minimum atomic E-state index is 0.157. The number of imidazole rings is 1. The molecule has 1 heterocycles. The number of benzene rings is 1. The summed E-state index contributed by atoms with van der Waals surface area (Å²) in [5.41, 5.74) is 2.88. The molecule has 0 radical (unpaired) electrons. The predicted octanol–water partition coefficient (Wildman–Crippen LogP) is 3.11. The molecule has 0 aliphatic rings. The molecule has 3 N–H and O–H groups in total. The second-order valence-electron chi connectivity index (χ2n) is 4.85. The number of halogens is 1. The van der Waals surface area contributed by atoms with Crippen LogP contribution in [0.5, 0.6) is 0 Å². The number of nitrogens with one attached hydrogen (secondary N) is 1. The molecule has 2 aromatic rings. The van der Waals surface area contributed by atoms with Crippen LogP contribution < -0.4 is 11.3 Å². The van der Waals surface area contributed by atoms with E-state index in [0.717, 1.165) is 40.9 Å². The lowest BCUT2D eigenvalue weighted by atomic mass is 10.2. The van der Waals surface area contributed by atoms with Gasteiger partial charge in [-0.1, -0.05) is 30.7 Å². The number of thioether (sulfide) groups is 1. The third-order valence-corrected chi connectivity index (χ3v) is 4.89. The van der Waals surface area contributed by atoms with Crippen LogP contribution in [0.25, 0.3) is 0 Å². The van der Waals surface area contributed by atoms with E-state index in [1.165, 1.54) is 0 Å². The summed E-state index contributed by atoms with van der Waals surface area (Å²) in [6.07, 6.45) is 5.77. The van der Waals surface area contributed by atoms with E-state index in [0.29, 0.717) is 0 Å². The molecule has 0 saturated carbocycles. The molecule has 6 heteroatoms. The van der Waals surface area contributed by atoms with Gasteiger partial charge < -0.3 is 4.57 Å². The summed E-state index contributed by atoms with van der Waals surface area (Å²) < 4.78 is 2.19. The zero-order valence-electron chi connectivity index (χ0n) is 12.1. The molecular formula is C15H21ClN4S. The highest BCUT2D eigenvalue weighted by molar-refractivity contribution is 7.99. The van der Waals surface area contributed by atoms with E-state index in [-0.39, 0.29) is 6.04 Å². The molecule has 1 unspecified atom stereocenters. The van der Waals surface area contributed by atoms with Crippen molar-refractivity contribution in [2.75, 3.05) is 5.75 Å². The monoisotopic (exact) mass is 324 g/mol. The molecule has 114 valence electrons. The molecule has 0 fully saturated rings. The third kappa shape index (κ3) is 4.74. The number of hydrogen-bond donors (Lipinski definition) is 2. The number of hydrogen-bond acceptors (Lipinski definition) is 4. The molecule has 21 heavy (non-hydrogen) atoms. The van der Waals surface area contributed by atoms with Crippen LogP contribution in [-0.4, -0.2) is 21.3 Å².